The molecule has 1 aliphatic rings. The van der Waals surface area contributed by atoms with Gasteiger partial charge in [0.15, 0.2) is 0 Å². The third-order valence-corrected chi connectivity index (χ3v) is 4.80. The van der Waals surface area contributed by atoms with E-state index in [1.54, 1.807) is 54.6 Å². The average Bonchev–Trinajstić information content (AvgIpc) is 2.98. The number of carbonyl (C=O) groups is 3. The van der Waals surface area contributed by atoms with Crippen LogP contribution in [0.4, 0.5) is 0 Å². The number of ketones is 1. The molecule has 7 nitrogen and oxygen atoms in total. The molecule has 1 N–H and O–H groups in total. The minimum atomic E-state index is -1.23. The zero-order chi connectivity index (χ0) is 21.0. The molecule has 0 spiro atoms. The lowest BCUT2D eigenvalue weighted by atomic mass is 9.95. The first-order chi connectivity index (χ1) is 13.9. The van der Waals surface area contributed by atoms with Gasteiger partial charge in [-0.1, -0.05) is 42.5 Å². The number of carbonyl (C=O) groups excluding carboxylic acids is 3. The van der Waals surface area contributed by atoms with Crippen molar-refractivity contribution in [2.45, 2.75) is 18.9 Å². The van der Waals surface area contributed by atoms with Gasteiger partial charge in [-0.3, -0.25) is 9.59 Å². The highest BCUT2D eigenvalue weighted by Gasteiger charge is 2.45. The van der Waals surface area contributed by atoms with Crippen LogP contribution in [0.3, 0.4) is 0 Å². The zero-order valence-corrected chi connectivity index (χ0v) is 15.8. The molecule has 1 heterocycles. The highest BCUT2D eigenvalue weighted by molar-refractivity contribution is 6.46. The molecule has 7 heteroatoms. The summed E-state index contributed by atoms with van der Waals surface area (Å²) in [6, 6.07) is 14.5. The molecule has 0 unspecified atom stereocenters. The van der Waals surface area contributed by atoms with Gasteiger partial charge in [0.1, 0.15) is 11.5 Å². The van der Waals surface area contributed by atoms with E-state index in [-0.39, 0.29) is 30.7 Å². The lowest BCUT2D eigenvalue weighted by Gasteiger charge is -2.25. The summed E-state index contributed by atoms with van der Waals surface area (Å²) in [5, 5.41) is 21.6. The summed E-state index contributed by atoms with van der Waals surface area (Å²) in [4.78, 5) is 37.5. The number of aliphatic hydroxyl groups is 1. The van der Waals surface area contributed by atoms with Crippen molar-refractivity contribution in [3.05, 3.63) is 71.3 Å². The number of benzene rings is 2. The van der Waals surface area contributed by atoms with Gasteiger partial charge in [0.05, 0.1) is 18.7 Å². The quantitative estimate of drug-likeness (QED) is 0.435. The maximum Gasteiger partial charge on any atom is 0.295 e. The van der Waals surface area contributed by atoms with Crippen LogP contribution >= 0.6 is 0 Å². The Kier molecular flexibility index (Phi) is 5.97. The van der Waals surface area contributed by atoms with E-state index in [1.807, 2.05) is 0 Å². The van der Waals surface area contributed by atoms with Crippen molar-refractivity contribution in [1.29, 1.82) is 0 Å². The summed E-state index contributed by atoms with van der Waals surface area (Å²) in [6.07, 6.45) is -0.107. The van der Waals surface area contributed by atoms with E-state index in [0.717, 1.165) is 0 Å². The fraction of sp³-hybridized carbons (Fsp3) is 0.227. The summed E-state index contributed by atoms with van der Waals surface area (Å²) in [7, 11) is 1.52. The number of hydrogen-bond acceptors (Lipinski definition) is 6. The van der Waals surface area contributed by atoms with Crippen LogP contribution in [0.2, 0.25) is 0 Å². The van der Waals surface area contributed by atoms with Crippen molar-refractivity contribution < 1.29 is 29.3 Å². The third kappa shape index (κ3) is 4.13. The lowest BCUT2D eigenvalue weighted by Crippen LogP contribution is -2.32. The molecule has 1 aliphatic heterocycles. The molecule has 29 heavy (non-hydrogen) atoms. The Morgan fingerprint density at radius 2 is 1.76 bits per heavy atom. The number of amides is 1. The largest absolute Gasteiger partial charge is 0.550 e. The number of aliphatic hydroxyl groups excluding tert-OH is 1. The first kappa shape index (κ1) is 20.1. The summed E-state index contributed by atoms with van der Waals surface area (Å²) < 4.78 is 5.15. The van der Waals surface area contributed by atoms with E-state index in [1.165, 1.54) is 12.0 Å². The number of methoxy groups -OCH3 is 1. The zero-order valence-electron chi connectivity index (χ0n) is 15.8. The minimum absolute atomic E-state index is 0.0279. The molecule has 0 saturated carbocycles. The van der Waals surface area contributed by atoms with Gasteiger partial charge >= 0.3 is 0 Å². The number of carboxylic acid groups (broad SMARTS) is 1. The Hall–Kier alpha value is -3.61. The molecule has 1 fully saturated rings. The standard InChI is InChI=1S/C22H21NO6/c1-29-16-11-9-14(10-12-16)19-18(20(26)15-6-3-2-4-7-15)21(27)22(28)23(19)13-5-8-17(24)25/h2-4,6-7,9-12,19,26H,5,8,13H2,1H3,(H,24,25)/p-1/t19-/m0/s1. The predicted octanol–water partition coefficient (Wildman–Crippen LogP) is 1.65. The van der Waals surface area contributed by atoms with Crippen LogP contribution in [0.15, 0.2) is 60.2 Å². The lowest BCUT2D eigenvalue weighted by molar-refractivity contribution is -0.305. The second kappa shape index (κ2) is 8.60. The van der Waals surface area contributed by atoms with Crippen molar-refractivity contribution in [3.8, 4) is 5.75 Å². The molecular weight excluding hydrogens is 374 g/mol. The maximum absolute atomic E-state index is 12.8. The number of hydrogen-bond donors (Lipinski definition) is 1. The smallest absolute Gasteiger partial charge is 0.295 e. The van der Waals surface area contributed by atoms with Gasteiger partial charge in [0.25, 0.3) is 11.7 Å². The highest BCUT2D eigenvalue weighted by atomic mass is 16.5. The van der Waals surface area contributed by atoms with Gasteiger partial charge in [-0.15, -0.1) is 0 Å². The molecule has 0 bridgehead atoms. The number of rotatable bonds is 7. The first-order valence-electron chi connectivity index (χ1n) is 9.11. The number of likely N-dealkylation sites (tertiary alicyclic amines) is 1. The minimum Gasteiger partial charge on any atom is -0.550 e. The molecule has 1 amide bonds. The SMILES string of the molecule is COc1ccc([C@H]2C(=C(O)c3ccccc3)C(=O)C(=O)N2CCCC(=O)[O-])cc1. The van der Waals surface area contributed by atoms with Crippen molar-refractivity contribution in [2.75, 3.05) is 13.7 Å². The van der Waals surface area contributed by atoms with Gasteiger partial charge < -0.3 is 24.6 Å². The molecule has 1 atom stereocenters. The Morgan fingerprint density at radius 1 is 1.10 bits per heavy atom. The van der Waals surface area contributed by atoms with Crippen LogP contribution in [-0.2, 0) is 14.4 Å². The number of ether oxygens (including phenoxy) is 1. The molecule has 3 rings (SSSR count). The fourth-order valence-corrected chi connectivity index (χ4v) is 3.39. The summed E-state index contributed by atoms with van der Waals surface area (Å²) in [5.41, 5.74) is 0.995. The van der Waals surface area contributed by atoms with E-state index in [9.17, 15) is 24.6 Å². The van der Waals surface area contributed by atoms with Gasteiger partial charge in [-0.25, -0.2) is 0 Å². The summed E-state index contributed by atoms with van der Waals surface area (Å²) in [6.45, 7) is 0.0425. The van der Waals surface area contributed by atoms with Crippen molar-refractivity contribution in [1.82, 2.24) is 4.90 Å². The molecule has 2 aromatic carbocycles. The van der Waals surface area contributed by atoms with Crippen LogP contribution in [0.25, 0.3) is 5.76 Å². The fourth-order valence-electron chi connectivity index (χ4n) is 3.39. The third-order valence-electron chi connectivity index (χ3n) is 4.80. The van der Waals surface area contributed by atoms with E-state index in [2.05, 4.69) is 0 Å². The van der Waals surface area contributed by atoms with E-state index >= 15 is 0 Å². The van der Waals surface area contributed by atoms with E-state index in [0.29, 0.717) is 16.9 Å². The maximum atomic E-state index is 12.8. The van der Waals surface area contributed by atoms with Gasteiger partial charge in [-0.05, 0) is 30.5 Å². The van der Waals surface area contributed by atoms with Crippen LogP contribution < -0.4 is 9.84 Å². The molecule has 150 valence electrons. The Morgan fingerprint density at radius 3 is 2.34 bits per heavy atom. The summed E-state index contributed by atoms with van der Waals surface area (Å²) >= 11 is 0. The molecule has 0 aliphatic carbocycles. The topological polar surface area (TPSA) is 107 Å². The highest BCUT2D eigenvalue weighted by Crippen LogP contribution is 2.39. The number of Topliss-reactive ketones (excluding diaryl/α,β-unsaturated/α-hetero) is 1. The van der Waals surface area contributed by atoms with Crippen LogP contribution in [-0.4, -0.2) is 41.3 Å². The predicted molar refractivity (Wildman–Crippen MR) is 103 cm³/mol. The van der Waals surface area contributed by atoms with Gasteiger partial charge in [0.2, 0.25) is 0 Å². The molecule has 1 saturated heterocycles. The molecule has 0 radical (unpaired) electrons. The van der Waals surface area contributed by atoms with Crippen LogP contribution in [0, 0.1) is 0 Å². The Labute approximate surface area is 167 Å². The number of nitrogens with zero attached hydrogens (tertiary/aromatic N) is 1. The van der Waals surface area contributed by atoms with Crippen LogP contribution in [0.1, 0.15) is 30.0 Å². The van der Waals surface area contributed by atoms with Crippen molar-refractivity contribution in [3.63, 3.8) is 0 Å². The van der Waals surface area contributed by atoms with Crippen molar-refractivity contribution in [2.24, 2.45) is 0 Å². The Bertz CT molecular complexity index is 949. The molecule has 0 aromatic heterocycles. The average molecular weight is 394 g/mol. The molecule has 2 aromatic rings. The number of aliphatic carboxylic acids is 1. The number of carboxylic acids is 1. The van der Waals surface area contributed by atoms with Crippen LogP contribution in [0.5, 0.6) is 5.75 Å². The monoisotopic (exact) mass is 394 g/mol. The first-order valence-corrected chi connectivity index (χ1v) is 9.11. The van der Waals surface area contributed by atoms with Crippen molar-refractivity contribution >= 4 is 23.4 Å². The second-order valence-corrected chi connectivity index (χ2v) is 6.61. The van der Waals surface area contributed by atoms with E-state index < -0.39 is 23.7 Å². The molecular formula is C22H20NO6-. The van der Waals surface area contributed by atoms with E-state index in [4.69, 9.17) is 4.74 Å². The second-order valence-electron chi connectivity index (χ2n) is 6.61. The normalized spacial score (nSPS) is 18.1. The van der Waals surface area contributed by atoms with Gasteiger partial charge in [0, 0.05) is 18.1 Å². The summed E-state index contributed by atoms with van der Waals surface area (Å²) in [5.74, 6) is -2.48. The Balaban J connectivity index is 2.07. The van der Waals surface area contributed by atoms with Gasteiger partial charge in [-0.2, -0.15) is 0 Å².